The first-order valence-electron chi connectivity index (χ1n) is 9.97. The number of nitrogens with one attached hydrogen (secondary N) is 3. The van der Waals surface area contributed by atoms with E-state index in [0.717, 1.165) is 11.6 Å². The first-order valence-corrected chi connectivity index (χ1v) is 10.7. The minimum absolute atomic E-state index is 0.119. The molecular weight excluding hydrogens is 482 g/mol. The lowest BCUT2D eigenvalue weighted by Gasteiger charge is -2.09. The molecule has 0 saturated carbocycles. The fourth-order valence-corrected chi connectivity index (χ4v) is 3.64. The van der Waals surface area contributed by atoms with E-state index < -0.39 is 17.6 Å². The molecule has 0 aliphatic carbocycles. The molecule has 0 atom stereocenters. The van der Waals surface area contributed by atoms with Crippen LogP contribution in [-0.2, 0) is 11.3 Å². The van der Waals surface area contributed by atoms with Gasteiger partial charge in [0.1, 0.15) is 5.82 Å². The van der Waals surface area contributed by atoms with Crippen LogP contribution in [-0.4, -0.2) is 17.7 Å². The third kappa shape index (κ3) is 5.03. The lowest BCUT2D eigenvalue weighted by molar-refractivity contribution is -0.116. The normalized spacial score (nSPS) is 13.4. The molecule has 0 bridgehead atoms. The summed E-state index contributed by atoms with van der Waals surface area (Å²) in [5.74, 6) is -1.70. The number of hydrogen-bond donors (Lipinski definition) is 4. The molecule has 0 unspecified atom stereocenters. The van der Waals surface area contributed by atoms with Crippen LogP contribution in [0.3, 0.4) is 0 Å². The van der Waals surface area contributed by atoms with Gasteiger partial charge in [-0.3, -0.25) is 14.4 Å². The maximum Gasteiger partial charge on any atom is 0.256 e. The zero-order valence-corrected chi connectivity index (χ0v) is 18.9. The van der Waals surface area contributed by atoms with E-state index in [1.165, 1.54) is 30.3 Å². The molecule has 34 heavy (non-hydrogen) atoms. The Balaban J connectivity index is 1.37. The van der Waals surface area contributed by atoms with Gasteiger partial charge in [0.15, 0.2) is 0 Å². The van der Waals surface area contributed by atoms with Crippen molar-refractivity contribution in [3.63, 3.8) is 0 Å². The summed E-state index contributed by atoms with van der Waals surface area (Å²) in [6.07, 6.45) is 1.27. The lowest BCUT2D eigenvalue weighted by atomic mass is 10.1. The Labute approximate surface area is 203 Å². The Hall–Kier alpha value is -3.88. The van der Waals surface area contributed by atoms with Crippen molar-refractivity contribution in [2.75, 3.05) is 11.1 Å². The molecule has 0 radical (unpaired) electrons. The van der Waals surface area contributed by atoms with Gasteiger partial charge in [-0.25, -0.2) is 4.39 Å². The van der Waals surface area contributed by atoms with Gasteiger partial charge in [-0.05, 0) is 48.0 Å². The van der Waals surface area contributed by atoms with E-state index in [-0.39, 0.29) is 28.2 Å². The number of halogens is 3. The molecule has 3 aromatic carbocycles. The summed E-state index contributed by atoms with van der Waals surface area (Å²) >= 11 is 12.0. The summed E-state index contributed by atoms with van der Waals surface area (Å²) < 4.78 is 13.2. The fourth-order valence-electron chi connectivity index (χ4n) is 3.32. The molecule has 7 nitrogen and oxygen atoms in total. The highest BCUT2D eigenvalue weighted by Crippen LogP contribution is 2.32. The predicted molar refractivity (Wildman–Crippen MR) is 129 cm³/mol. The van der Waals surface area contributed by atoms with Gasteiger partial charge in [-0.2, -0.15) is 0 Å². The van der Waals surface area contributed by atoms with Gasteiger partial charge < -0.3 is 21.7 Å². The average molecular weight is 499 g/mol. The van der Waals surface area contributed by atoms with E-state index in [0.29, 0.717) is 28.1 Å². The highest BCUT2D eigenvalue weighted by atomic mass is 35.5. The molecule has 10 heteroatoms. The first-order chi connectivity index (χ1) is 16.2. The molecule has 1 heterocycles. The van der Waals surface area contributed by atoms with Crippen molar-refractivity contribution < 1.29 is 18.8 Å². The second-order valence-corrected chi connectivity index (χ2v) is 8.24. The van der Waals surface area contributed by atoms with Crippen LogP contribution in [0, 0.1) is 5.82 Å². The molecule has 0 spiro atoms. The quantitative estimate of drug-likeness (QED) is 0.309. The summed E-state index contributed by atoms with van der Waals surface area (Å²) in [5, 5.41) is 8.48. The highest BCUT2D eigenvalue weighted by Gasteiger charge is 2.25. The summed E-state index contributed by atoms with van der Waals surface area (Å²) in [6, 6.07) is 13.2. The van der Waals surface area contributed by atoms with Gasteiger partial charge in [0.25, 0.3) is 11.8 Å². The second kappa shape index (κ2) is 9.54. The zero-order valence-electron chi connectivity index (χ0n) is 17.4. The van der Waals surface area contributed by atoms with Crippen LogP contribution in [0.2, 0.25) is 10.0 Å². The topological polar surface area (TPSA) is 113 Å². The Morgan fingerprint density at radius 1 is 1.00 bits per heavy atom. The van der Waals surface area contributed by atoms with E-state index in [1.54, 1.807) is 24.3 Å². The number of hydrogen-bond acceptors (Lipinski definition) is 4. The third-order valence-corrected chi connectivity index (χ3v) is 5.79. The number of nitrogens with two attached hydrogens (primary N) is 1. The summed E-state index contributed by atoms with van der Waals surface area (Å²) in [4.78, 5) is 36.9. The van der Waals surface area contributed by atoms with Crippen molar-refractivity contribution in [1.29, 1.82) is 0 Å². The molecule has 1 aliphatic heterocycles. The highest BCUT2D eigenvalue weighted by molar-refractivity contribution is 6.42. The summed E-state index contributed by atoms with van der Waals surface area (Å²) in [6.45, 7) is 0.192. The molecule has 0 saturated heterocycles. The molecule has 3 amide bonds. The predicted octanol–water partition coefficient (Wildman–Crippen LogP) is 4.37. The minimum Gasteiger partial charge on any atom is -0.397 e. The van der Waals surface area contributed by atoms with Crippen molar-refractivity contribution >= 4 is 58.0 Å². The number of carbonyl (C=O) groups is 3. The van der Waals surface area contributed by atoms with Gasteiger partial charge in [-0.1, -0.05) is 35.3 Å². The van der Waals surface area contributed by atoms with Crippen LogP contribution in [0.4, 0.5) is 15.8 Å². The van der Waals surface area contributed by atoms with Gasteiger partial charge in [-0.15, -0.1) is 0 Å². The summed E-state index contributed by atoms with van der Waals surface area (Å²) in [7, 11) is 0. The third-order valence-electron chi connectivity index (χ3n) is 5.06. The number of rotatable bonds is 5. The standard InChI is InChI=1S/C24H17Cl2FN4O3/c25-17-8-15-16(9-18(17)26)24(34)31-21(15)10-22(32)29-11-12-1-3-13(4-2-12)23(33)30-20-6-5-14(27)7-19(20)28/h1-10H,11,28H2,(H,29,32)(H,30,33)(H,31,34)/b21-10-. The first kappa shape index (κ1) is 23.3. The smallest absolute Gasteiger partial charge is 0.256 e. The number of anilines is 2. The maximum atomic E-state index is 13.2. The van der Waals surface area contributed by atoms with Crippen molar-refractivity contribution in [1.82, 2.24) is 10.6 Å². The van der Waals surface area contributed by atoms with Crippen molar-refractivity contribution in [2.45, 2.75) is 6.54 Å². The summed E-state index contributed by atoms with van der Waals surface area (Å²) in [5.41, 5.74) is 8.40. The molecule has 0 aromatic heterocycles. The van der Waals surface area contributed by atoms with Crippen molar-refractivity contribution in [3.05, 3.63) is 98.8 Å². The molecule has 0 fully saturated rings. The van der Waals surface area contributed by atoms with Crippen LogP contribution in [0.1, 0.15) is 31.8 Å². The number of fused-ring (bicyclic) bond motifs is 1. The Morgan fingerprint density at radius 3 is 2.35 bits per heavy atom. The Bertz CT molecular complexity index is 1360. The van der Waals surface area contributed by atoms with E-state index >= 15 is 0 Å². The molecule has 1 aliphatic rings. The van der Waals surface area contributed by atoms with Crippen LogP contribution in [0.25, 0.3) is 5.70 Å². The van der Waals surface area contributed by atoms with E-state index in [4.69, 9.17) is 28.9 Å². The fraction of sp³-hybridized carbons (Fsp3) is 0.0417. The van der Waals surface area contributed by atoms with Crippen LogP contribution in [0.15, 0.2) is 60.7 Å². The van der Waals surface area contributed by atoms with E-state index in [2.05, 4.69) is 16.0 Å². The lowest BCUT2D eigenvalue weighted by Crippen LogP contribution is -2.22. The number of nitrogen functional groups attached to an aromatic ring is 1. The molecule has 4 rings (SSSR count). The number of carbonyl (C=O) groups excluding carboxylic acids is 3. The van der Waals surface area contributed by atoms with Crippen LogP contribution >= 0.6 is 23.2 Å². The Morgan fingerprint density at radius 2 is 1.68 bits per heavy atom. The SMILES string of the molecule is Nc1cc(F)ccc1NC(=O)c1ccc(CNC(=O)/C=C2\NC(=O)c3cc(Cl)c(Cl)cc32)cc1. The molecular formula is C24H17Cl2FN4O3. The average Bonchev–Trinajstić information content (AvgIpc) is 3.09. The van der Waals surface area contributed by atoms with Gasteiger partial charge in [0.05, 0.1) is 32.7 Å². The van der Waals surface area contributed by atoms with Crippen LogP contribution in [0.5, 0.6) is 0 Å². The van der Waals surface area contributed by atoms with Crippen molar-refractivity contribution in [3.8, 4) is 0 Å². The number of benzene rings is 3. The van der Waals surface area contributed by atoms with Crippen LogP contribution < -0.4 is 21.7 Å². The largest absolute Gasteiger partial charge is 0.397 e. The second-order valence-electron chi connectivity index (χ2n) is 7.42. The van der Waals surface area contributed by atoms with Gasteiger partial charge in [0.2, 0.25) is 5.91 Å². The Kier molecular flexibility index (Phi) is 6.54. The van der Waals surface area contributed by atoms with E-state index in [1.807, 2.05) is 0 Å². The number of amides is 3. The van der Waals surface area contributed by atoms with Gasteiger partial charge in [0, 0.05) is 23.7 Å². The van der Waals surface area contributed by atoms with E-state index in [9.17, 15) is 18.8 Å². The molecule has 5 N–H and O–H groups in total. The van der Waals surface area contributed by atoms with Gasteiger partial charge >= 0.3 is 0 Å². The maximum absolute atomic E-state index is 13.2. The monoisotopic (exact) mass is 498 g/mol. The minimum atomic E-state index is -0.495. The molecule has 3 aromatic rings. The zero-order chi connectivity index (χ0) is 24.4. The molecule has 172 valence electrons. The van der Waals surface area contributed by atoms with Crippen molar-refractivity contribution in [2.24, 2.45) is 0 Å².